The first-order chi connectivity index (χ1) is 11.6. The van der Waals surface area contributed by atoms with Gasteiger partial charge < -0.3 is 19.9 Å². The summed E-state index contributed by atoms with van der Waals surface area (Å²) in [5, 5.41) is 13.9. The number of carbonyl (C=O) groups is 2. The number of carboxylic acid groups (broad SMARTS) is 1. The summed E-state index contributed by atoms with van der Waals surface area (Å²) >= 11 is 1.31. The number of rotatable bonds is 6. The van der Waals surface area contributed by atoms with Crippen LogP contribution in [0.4, 0.5) is 0 Å². The van der Waals surface area contributed by atoms with E-state index in [2.05, 4.69) is 10.3 Å². The Morgan fingerprint density at radius 2 is 2.17 bits per heavy atom. The second kappa shape index (κ2) is 6.88. The molecule has 0 bridgehead atoms. The first kappa shape index (κ1) is 16.3. The van der Waals surface area contributed by atoms with Crippen molar-refractivity contribution in [2.45, 2.75) is 25.8 Å². The van der Waals surface area contributed by atoms with Crippen molar-refractivity contribution in [1.82, 2.24) is 10.3 Å². The van der Waals surface area contributed by atoms with Crippen molar-refractivity contribution in [2.75, 3.05) is 6.79 Å². The summed E-state index contributed by atoms with van der Waals surface area (Å²) in [7, 11) is 0. The minimum atomic E-state index is -1.04. The lowest BCUT2D eigenvalue weighted by Crippen LogP contribution is -2.40. The van der Waals surface area contributed by atoms with E-state index in [9.17, 15) is 9.59 Å². The summed E-state index contributed by atoms with van der Waals surface area (Å²) in [4.78, 5) is 27.6. The van der Waals surface area contributed by atoms with Crippen LogP contribution in [0.5, 0.6) is 11.5 Å². The van der Waals surface area contributed by atoms with Gasteiger partial charge in [-0.2, -0.15) is 0 Å². The maximum absolute atomic E-state index is 12.2. The summed E-state index contributed by atoms with van der Waals surface area (Å²) in [5.74, 6) is -0.213. The van der Waals surface area contributed by atoms with E-state index in [4.69, 9.17) is 14.6 Å². The molecule has 2 N–H and O–H groups in total. The Labute approximate surface area is 142 Å². The van der Waals surface area contributed by atoms with Gasteiger partial charge in [0, 0.05) is 10.9 Å². The third-order valence-corrected chi connectivity index (χ3v) is 4.43. The van der Waals surface area contributed by atoms with Gasteiger partial charge in [-0.25, -0.2) is 9.78 Å². The highest BCUT2D eigenvalue weighted by molar-refractivity contribution is 7.13. The van der Waals surface area contributed by atoms with Crippen LogP contribution < -0.4 is 14.8 Å². The lowest BCUT2D eigenvalue weighted by molar-refractivity contribution is -0.139. The van der Waals surface area contributed by atoms with Crippen molar-refractivity contribution in [3.63, 3.8) is 0 Å². The van der Waals surface area contributed by atoms with Crippen LogP contribution in [-0.4, -0.2) is 34.8 Å². The second-order valence-electron chi connectivity index (χ2n) is 5.26. The van der Waals surface area contributed by atoms with Crippen LogP contribution in [0.2, 0.25) is 0 Å². The van der Waals surface area contributed by atoms with Gasteiger partial charge >= 0.3 is 5.97 Å². The quantitative estimate of drug-likeness (QED) is 0.832. The van der Waals surface area contributed by atoms with Crippen molar-refractivity contribution in [1.29, 1.82) is 0 Å². The molecule has 24 heavy (non-hydrogen) atoms. The maximum Gasteiger partial charge on any atom is 0.326 e. The molecule has 0 fully saturated rings. The minimum absolute atomic E-state index is 0.193. The molecule has 126 valence electrons. The van der Waals surface area contributed by atoms with E-state index in [0.717, 1.165) is 5.56 Å². The van der Waals surface area contributed by atoms with Gasteiger partial charge in [-0.15, -0.1) is 11.3 Å². The van der Waals surface area contributed by atoms with Crippen LogP contribution in [-0.2, 0) is 4.79 Å². The number of nitrogens with one attached hydrogen (secondary N) is 1. The number of amides is 1. The molecular weight excluding hydrogens is 332 g/mol. The zero-order valence-corrected chi connectivity index (χ0v) is 13.8. The molecule has 1 aromatic heterocycles. The summed E-state index contributed by atoms with van der Waals surface area (Å²) < 4.78 is 10.6. The Morgan fingerprint density at radius 3 is 2.92 bits per heavy atom. The lowest BCUT2D eigenvalue weighted by Gasteiger charge is -2.12. The molecule has 0 saturated carbocycles. The first-order valence-corrected chi connectivity index (χ1v) is 8.35. The minimum Gasteiger partial charge on any atom is -0.480 e. The Balaban J connectivity index is 1.75. The molecule has 0 saturated heterocycles. The monoisotopic (exact) mass is 348 g/mol. The molecule has 3 rings (SSSR count). The summed E-state index contributed by atoms with van der Waals surface area (Å²) in [5.41, 5.74) is 1.02. The topological polar surface area (TPSA) is 97.8 Å². The van der Waals surface area contributed by atoms with Gasteiger partial charge in [0.05, 0.1) is 0 Å². The molecule has 1 aromatic carbocycles. The number of carbonyl (C=O) groups excluding carboxylic acids is 1. The predicted molar refractivity (Wildman–Crippen MR) is 87.5 cm³/mol. The number of aliphatic carboxylic acids is 1. The average molecular weight is 348 g/mol. The maximum atomic E-state index is 12.2. The molecule has 0 spiro atoms. The number of benzene rings is 1. The third-order valence-electron chi connectivity index (χ3n) is 3.54. The van der Waals surface area contributed by atoms with E-state index in [-0.39, 0.29) is 12.5 Å². The zero-order chi connectivity index (χ0) is 17.1. The predicted octanol–water partition coefficient (Wildman–Crippen LogP) is 2.52. The van der Waals surface area contributed by atoms with Gasteiger partial charge in [0.15, 0.2) is 11.5 Å². The Kier molecular flexibility index (Phi) is 4.66. The Bertz CT molecular complexity index is 774. The molecule has 1 atom stereocenters. The smallest absolute Gasteiger partial charge is 0.326 e. The highest BCUT2D eigenvalue weighted by Gasteiger charge is 2.22. The zero-order valence-electron chi connectivity index (χ0n) is 12.9. The van der Waals surface area contributed by atoms with Crippen LogP contribution in [0.25, 0.3) is 10.6 Å². The highest BCUT2D eigenvalue weighted by Crippen LogP contribution is 2.36. The SMILES string of the molecule is CCCC(NC(=O)c1csc(-c2ccc3c(c2)OCO3)n1)C(=O)O. The van der Waals surface area contributed by atoms with Gasteiger partial charge in [0.1, 0.15) is 16.7 Å². The van der Waals surface area contributed by atoms with Crippen molar-refractivity contribution in [3.05, 3.63) is 29.3 Å². The number of carboxylic acids is 1. The molecule has 1 aliphatic heterocycles. The van der Waals surface area contributed by atoms with E-state index in [1.165, 1.54) is 11.3 Å². The van der Waals surface area contributed by atoms with Crippen LogP contribution in [0.3, 0.4) is 0 Å². The van der Waals surface area contributed by atoms with Gasteiger partial charge in [0.25, 0.3) is 5.91 Å². The number of fused-ring (bicyclic) bond motifs is 1. The molecule has 8 heteroatoms. The first-order valence-electron chi connectivity index (χ1n) is 7.47. The van der Waals surface area contributed by atoms with E-state index in [1.54, 1.807) is 17.5 Å². The Hall–Kier alpha value is -2.61. The van der Waals surface area contributed by atoms with Gasteiger partial charge in [-0.3, -0.25) is 4.79 Å². The van der Waals surface area contributed by atoms with Crippen molar-refractivity contribution in [3.8, 4) is 22.1 Å². The normalized spacial score (nSPS) is 13.5. The summed E-state index contributed by atoms with van der Waals surface area (Å²) in [6.07, 6.45) is 1.04. The fourth-order valence-corrected chi connectivity index (χ4v) is 3.12. The molecule has 1 amide bonds. The van der Waals surface area contributed by atoms with Gasteiger partial charge in [-0.1, -0.05) is 13.3 Å². The van der Waals surface area contributed by atoms with Crippen molar-refractivity contribution < 1.29 is 24.2 Å². The fourth-order valence-electron chi connectivity index (χ4n) is 2.32. The third kappa shape index (κ3) is 3.33. The second-order valence-corrected chi connectivity index (χ2v) is 6.12. The number of thiazole rings is 1. The van der Waals surface area contributed by atoms with E-state index in [0.29, 0.717) is 29.3 Å². The van der Waals surface area contributed by atoms with Gasteiger partial charge in [-0.05, 0) is 24.6 Å². The molecule has 2 aromatic rings. The largest absolute Gasteiger partial charge is 0.480 e. The molecule has 7 nitrogen and oxygen atoms in total. The molecular formula is C16H16N2O5S. The molecule has 0 radical (unpaired) electrons. The molecule has 2 heterocycles. The van der Waals surface area contributed by atoms with Crippen LogP contribution in [0.15, 0.2) is 23.6 Å². The van der Waals surface area contributed by atoms with Gasteiger partial charge in [0.2, 0.25) is 6.79 Å². The van der Waals surface area contributed by atoms with Crippen molar-refractivity contribution in [2.24, 2.45) is 0 Å². The lowest BCUT2D eigenvalue weighted by atomic mass is 10.1. The number of hydrogen-bond donors (Lipinski definition) is 2. The number of ether oxygens (including phenoxy) is 2. The van der Waals surface area contributed by atoms with Crippen molar-refractivity contribution >= 4 is 23.2 Å². The van der Waals surface area contributed by atoms with E-state index in [1.807, 2.05) is 13.0 Å². The average Bonchev–Trinajstić information content (AvgIpc) is 3.22. The standard InChI is InChI=1S/C16H16N2O5S/c1-2-3-10(16(20)21)17-14(19)11-7-24-15(18-11)9-4-5-12-13(6-9)23-8-22-12/h4-7,10H,2-3,8H2,1H3,(H,17,19)(H,20,21). The number of hydrogen-bond acceptors (Lipinski definition) is 6. The van der Waals surface area contributed by atoms with E-state index < -0.39 is 17.9 Å². The fraction of sp³-hybridized carbons (Fsp3) is 0.312. The van der Waals surface area contributed by atoms with Crippen LogP contribution >= 0.6 is 11.3 Å². The van der Waals surface area contributed by atoms with Crippen LogP contribution in [0, 0.1) is 0 Å². The van der Waals surface area contributed by atoms with Crippen LogP contribution in [0.1, 0.15) is 30.3 Å². The molecule has 0 aliphatic carbocycles. The molecule has 1 unspecified atom stereocenters. The molecule has 1 aliphatic rings. The highest BCUT2D eigenvalue weighted by atomic mass is 32.1. The summed E-state index contributed by atoms with van der Waals surface area (Å²) in [6.45, 7) is 2.06. The van der Waals surface area contributed by atoms with E-state index >= 15 is 0 Å². The summed E-state index contributed by atoms with van der Waals surface area (Å²) in [6, 6.07) is 4.53. The Morgan fingerprint density at radius 1 is 1.38 bits per heavy atom. The number of aromatic nitrogens is 1. The number of nitrogens with zero attached hydrogens (tertiary/aromatic N) is 1.